The molecule has 4 rings (SSSR count). The second-order valence-electron chi connectivity index (χ2n) is 7.82. The van der Waals surface area contributed by atoms with E-state index in [1.165, 1.54) is 16.1 Å². The van der Waals surface area contributed by atoms with Gasteiger partial charge in [-0.05, 0) is 61.4 Å². The van der Waals surface area contributed by atoms with Gasteiger partial charge in [0.1, 0.15) is 5.78 Å². The quantitative estimate of drug-likeness (QED) is 0.516. The maximum Gasteiger partial charge on any atom is 0.137 e. The van der Waals surface area contributed by atoms with Crippen molar-refractivity contribution in [3.63, 3.8) is 0 Å². The molecule has 0 saturated carbocycles. The van der Waals surface area contributed by atoms with Gasteiger partial charge in [0, 0.05) is 50.9 Å². The second kappa shape index (κ2) is 8.95. The van der Waals surface area contributed by atoms with Crippen LogP contribution in [-0.4, -0.2) is 36.9 Å². The number of fused-ring (bicyclic) bond motifs is 1. The first kappa shape index (κ1) is 19.9. The van der Waals surface area contributed by atoms with Crippen LogP contribution in [0.5, 0.6) is 0 Å². The molecule has 0 N–H and O–H groups in total. The van der Waals surface area contributed by atoms with Crippen molar-refractivity contribution >= 4 is 38.7 Å². The summed E-state index contributed by atoms with van der Waals surface area (Å²) in [6.07, 6.45) is 4.19. The van der Waals surface area contributed by atoms with Crippen molar-refractivity contribution < 1.29 is 4.79 Å². The monoisotopic (exact) mass is 407 g/mol. The van der Waals surface area contributed by atoms with Crippen molar-refractivity contribution in [1.29, 1.82) is 0 Å². The Kier molecular flexibility index (Phi) is 6.14. The lowest BCUT2D eigenvalue weighted by atomic mass is 9.97. The number of carbonyl (C=O) groups excluding carboxylic acids is 1. The number of aromatic nitrogens is 1. The predicted octanol–water partition coefficient (Wildman–Crippen LogP) is 5.17. The third kappa shape index (κ3) is 4.45. The van der Waals surface area contributed by atoms with Gasteiger partial charge in [-0.3, -0.25) is 9.78 Å². The lowest BCUT2D eigenvalue weighted by Gasteiger charge is -2.21. The smallest absolute Gasteiger partial charge is 0.137 e. The number of hydrogen-bond donors (Lipinski definition) is 0. The van der Waals surface area contributed by atoms with Gasteiger partial charge in [-0.1, -0.05) is 12.1 Å². The van der Waals surface area contributed by atoms with Crippen molar-refractivity contribution in [1.82, 2.24) is 4.98 Å². The highest BCUT2D eigenvalue weighted by Crippen LogP contribution is 2.34. The Balaban J connectivity index is 1.33. The van der Waals surface area contributed by atoms with E-state index < -0.39 is 0 Å². The molecule has 152 valence electrons. The number of pyridine rings is 1. The number of ketones is 1. The van der Waals surface area contributed by atoms with E-state index in [0.29, 0.717) is 24.5 Å². The maximum absolute atomic E-state index is 12.7. The fraction of sp³-hybridized carbons (Fsp3) is 0.417. The van der Waals surface area contributed by atoms with Crippen LogP contribution < -0.4 is 9.80 Å². The van der Waals surface area contributed by atoms with E-state index in [9.17, 15) is 4.79 Å². The van der Waals surface area contributed by atoms with Crippen LogP contribution in [0.4, 0.5) is 11.4 Å². The molecule has 29 heavy (non-hydrogen) atoms. The van der Waals surface area contributed by atoms with Crippen molar-refractivity contribution in [2.75, 3.05) is 36.0 Å². The Hall–Kier alpha value is -2.40. The summed E-state index contributed by atoms with van der Waals surface area (Å²) in [5.41, 5.74) is 4.69. The Morgan fingerprint density at radius 1 is 1.17 bits per heavy atom. The van der Waals surface area contributed by atoms with Crippen molar-refractivity contribution in [3.05, 3.63) is 53.5 Å². The number of hydrogen-bond acceptors (Lipinski definition) is 5. The topological polar surface area (TPSA) is 36.4 Å². The van der Waals surface area contributed by atoms with E-state index in [1.807, 2.05) is 6.20 Å². The molecule has 0 bridgehead atoms. The zero-order valence-corrected chi connectivity index (χ0v) is 18.1. The zero-order valence-electron chi connectivity index (χ0n) is 17.3. The molecule has 1 aliphatic rings. The number of anilines is 2. The fourth-order valence-corrected chi connectivity index (χ4v) is 5.25. The largest absolute Gasteiger partial charge is 0.372 e. The van der Waals surface area contributed by atoms with Crippen LogP contribution in [0.3, 0.4) is 0 Å². The molecule has 0 spiro atoms. The minimum atomic E-state index is 0.350. The van der Waals surface area contributed by atoms with E-state index in [0.717, 1.165) is 43.7 Å². The summed E-state index contributed by atoms with van der Waals surface area (Å²) in [6, 6.07) is 12.7. The molecule has 1 aliphatic heterocycles. The molecule has 0 amide bonds. The lowest BCUT2D eigenvalue weighted by molar-refractivity contribution is -0.119. The standard InChI is InChI=1S/C24H29N3OS/c1-3-26(4-2)20-7-5-18(6-8-20)15-21(28)16-19-10-13-27(17-19)23-9-12-25-22-11-14-29-24(22)23/h5-9,11-12,14,19H,3-4,10,13,15-17H2,1-2H3. The third-order valence-electron chi connectivity index (χ3n) is 5.93. The van der Waals surface area contributed by atoms with Gasteiger partial charge in [-0.15, -0.1) is 11.3 Å². The number of carbonyl (C=O) groups is 1. The zero-order chi connectivity index (χ0) is 20.2. The first-order chi connectivity index (χ1) is 14.2. The Labute approximate surface area is 177 Å². The molecule has 0 aliphatic carbocycles. The first-order valence-corrected chi connectivity index (χ1v) is 11.5. The molecule has 1 aromatic carbocycles. The number of thiophene rings is 1. The van der Waals surface area contributed by atoms with Gasteiger partial charge in [0.2, 0.25) is 0 Å². The van der Waals surface area contributed by atoms with Crippen molar-refractivity contribution in [2.24, 2.45) is 5.92 Å². The lowest BCUT2D eigenvalue weighted by Crippen LogP contribution is -2.21. The van der Waals surface area contributed by atoms with Crippen molar-refractivity contribution in [2.45, 2.75) is 33.1 Å². The van der Waals surface area contributed by atoms with E-state index in [-0.39, 0.29) is 0 Å². The van der Waals surface area contributed by atoms with Gasteiger partial charge in [-0.25, -0.2) is 0 Å². The molecule has 1 unspecified atom stereocenters. The molecule has 1 fully saturated rings. The minimum absolute atomic E-state index is 0.350. The Morgan fingerprint density at radius 3 is 2.72 bits per heavy atom. The van der Waals surface area contributed by atoms with Crippen LogP contribution in [0.25, 0.3) is 10.2 Å². The highest BCUT2D eigenvalue weighted by molar-refractivity contribution is 7.17. The van der Waals surface area contributed by atoms with Crippen LogP contribution in [0.1, 0.15) is 32.3 Å². The summed E-state index contributed by atoms with van der Waals surface area (Å²) in [5.74, 6) is 0.795. The van der Waals surface area contributed by atoms with Gasteiger partial charge in [0.05, 0.1) is 15.9 Å². The molecule has 3 heterocycles. The summed E-state index contributed by atoms with van der Waals surface area (Å²) >= 11 is 1.75. The molecular weight excluding hydrogens is 378 g/mol. The number of rotatable bonds is 8. The summed E-state index contributed by atoms with van der Waals surface area (Å²) < 4.78 is 1.26. The van der Waals surface area contributed by atoms with Gasteiger partial charge < -0.3 is 9.80 Å². The average molecular weight is 408 g/mol. The molecule has 1 atom stereocenters. The normalized spacial score (nSPS) is 16.5. The SMILES string of the molecule is CCN(CC)c1ccc(CC(=O)CC2CCN(c3ccnc4ccsc34)C2)cc1. The van der Waals surface area contributed by atoms with Gasteiger partial charge >= 0.3 is 0 Å². The average Bonchev–Trinajstić information content (AvgIpc) is 3.39. The summed E-state index contributed by atoms with van der Waals surface area (Å²) in [4.78, 5) is 21.9. The Morgan fingerprint density at radius 2 is 1.97 bits per heavy atom. The number of Topliss-reactive ketones (excluding diaryl/α,β-unsaturated/α-hetero) is 1. The fourth-order valence-electron chi connectivity index (χ4n) is 4.36. The number of nitrogens with zero attached hydrogens (tertiary/aromatic N) is 3. The van der Waals surface area contributed by atoms with E-state index in [1.54, 1.807) is 11.3 Å². The van der Waals surface area contributed by atoms with Crippen molar-refractivity contribution in [3.8, 4) is 0 Å². The molecule has 0 radical (unpaired) electrons. The Bertz CT molecular complexity index is 962. The minimum Gasteiger partial charge on any atom is -0.372 e. The molecule has 2 aromatic heterocycles. The van der Waals surface area contributed by atoms with E-state index >= 15 is 0 Å². The van der Waals surface area contributed by atoms with Crippen LogP contribution in [0.2, 0.25) is 0 Å². The first-order valence-electron chi connectivity index (χ1n) is 10.6. The van der Waals surface area contributed by atoms with Gasteiger partial charge in [-0.2, -0.15) is 0 Å². The van der Waals surface area contributed by atoms with Gasteiger partial charge in [0.25, 0.3) is 0 Å². The van der Waals surface area contributed by atoms with Crippen LogP contribution in [0.15, 0.2) is 48.0 Å². The highest BCUT2D eigenvalue weighted by atomic mass is 32.1. The molecular formula is C24H29N3OS. The summed E-state index contributed by atoms with van der Waals surface area (Å²) in [7, 11) is 0. The van der Waals surface area contributed by atoms with Gasteiger partial charge in [0.15, 0.2) is 0 Å². The third-order valence-corrected chi connectivity index (χ3v) is 6.86. The second-order valence-corrected chi connectivity index (χ2v) is 8.74. The highest BCUT2D eigenvalue weighted by Gasteiger charge is 2.26. The van der Waals surface area contributed by atoms with Crippen LogP contribution in [-0.2, 0) is 11.2 Å². The molecule has 3 aromatic rings. The molecule has 5 heteroatoms. The number of benzene rings is 1. The maximum atomic E-state index is 12.7. The van der Waals surface area contributed by atoms with Crippen LogP contribution >= 0.6 is 11.3 Å². The predicted molar refractivity (Wildman–Crippen MR) is 123 cm³/mol. The molecule has 1 saturated heterocycles. The molecule has 4 nitrogen and oxygen atoms in total. The summed E-state index contributed by atoms with van der Waals surface area (Å²) in [6.45, 7) is 8.32. The summed E-state index contributed by atoms with van der Waals surface area (Å²) in [5, 5.41) is 2.10. The van der Waals surface area contributed by atoms with E-state index in [2.05, 4.69) is 70.4 Å². The van der Waals surface area contributed by atoms with E-state index in [4.69, 9.17) is 0 Å². The van der Waals surface area contributed by atoms with Crippen LogP contribution in [0, 0.1) is 5.92 Å².